The van der Waals surface area contributed by atoms with Crippen molar-refractivity contribution in [2.24, 2.45) is 5.73 Å². The number of pyridine rings is 1. The fourth-order valence-electron chi connectivity index (χ4n) is 1.98. The first kappa shape index (κ1) is 14.8. The van der Waals surface area contributed by atoms with E-state index < -0.39 is 0 Å². The molecule has 2 rings (SSSR count). The molecule has 3 nitrogen and oxygen atoms in total. The van der Waals surface area contributed by atoms with Gasteiger partial charge in [0.05, 0.1) is 11.7 Å². The highest BCUT2D eigenvalue weighted by Gasteiger charge is 2.16. The molecule has 0 bridgehead atoms. The minimum atomic E-state index is 0.0952. The molecule has 0 saturated carbocycles. The van der Waals surface area contributed by atoms with Crippen molar-refractivity contribution in [3.8, 4) is 0 Å². The molecule has 1 unspecified atom stereocenters. The van der Waals surface area contributed by atoms with Crippen LogP contribution in [0, 0.1) is 0 Å². The number of hydrogen-bond acceptors (Lipinski definition) is 3. The lowest BCUT2D eigenvalue weighted by molar-refractivity contribution is 0.729. The second-order valence-corrected chi connectivity index (χ2v) is 5.40. The minimum Gasteiger partial charge on any atom is -0.388 e. The normalized spacial score (nSPS) is 11.9. The first-order valence-corrected chi connectivity index (χ1v) is 7.03. The van der Waals surface area contributed by atoms with Crippen LogP contribution in [-0.2, 0) is 0 Å². The Kier molecular flexibility index (Phi) is 4.57. The lowest BCUT2D eigenvalue weighted by Gasteiger charge is -2.27. The third-order valence-electron chi connectivity index (χ3n) is 3.28. The molecule has 0 aliphatic heterocycles. The molecule has 1 heterocycles. The highest BCUT2D eigenvalue weighted by Crippen LogP contribution is 2.28. The molecule has 20 heavy (non-hydrogen) atoms. The van der Waals surface area contributed by atoms with E-state index in [0.717, 1.165) is 16.4 Å². The van der Waals surface area contributed by atoms with Crippen molar-refractivity contribution < 1.29 is 0 Å². The van der Waals surface area contributed by atoms with E-state index in [-0.39, 0.29) is 6.04 Å². The lowest BCUT2D eigenvalue weighted by Crippen LogP contribution is -2.24. The Hall–Kier alpha value is -1.65. The van der Waals surface area contributed by atoms with E-state index in [1.165, 1.54) is 0 Å². The van der Waals surface area contributed by atoms with Gasteiger partial charge in [0.1, 0.15) is 10.8 Å². The Labute approximate surface area is 129 Å². The summed E-state index contributed by atoms with van der Waals surface area (Å²) in [6.07, 6.45) is 0. The number of nitrogens with zero attached hydrogens (tertiary/aromatic N) is 2. The molecular formula is C15H16ClN3S. The summed E-state index contributed by atoms with van der Waals surface area (Å²) in [5, 5.41) is 0.748. The van der Waals surface area contributed by atoms with Gasteiger partial charge in [-0.25, -0.2) is 4.98 Å². The first-order chi connectivity index (χ1) is 9.50. The molecule has 1 atom stereocenters. The Morgan fingerprint density at radius 1 is 1.25 bits per heavy atom. The fraction of sp³-hybridized carbons (Fsp3) is 0.200. The second-order valence-electron chi connectivity index (χ2n) is 4.55. The molecular weight excluding hydrogens is 290 g/mol. The van der Waals surface area contributed by atoms with Gasteiger partial charge < -0.3 is 10.6 Å². The van der Waals surface area contributed by atoms with Gasteiger partial charge in [-0.1, -0.05) is 48.1 Å². The number of nitrogens with two attached hydrogens (primary N) is 1. The zero-order valence-corrected chi connectivity index (χ0v) is 12.9. The van der Waals surface area contributed by atoms with E-state index in [1.807, 2.05) is 48.3 Å². The van der Waals surface area contributed by atoms with Crippen molar-refractivity contribution in [1.82, 2.24) is 4.98 Å². The number of anilines is 1. The van der Waals surface area contributed by atoms with Gasteiger partial charge in [-0.2, -0.15) is 0 Å². The average Bonchev–Trinajstić information content (AvgIpc) is 2.46. The van der Waals surface area contributed by atoms with E-state index in [4.69, 9.17) is 29.6 Å². The lowest BCUT2D eigenvalue weighted by atomic mass is 10.1. The van der Waals surface area contributed by atoms with Crippen molar-refractivity contribution in [2.75, 3.05) is 11.9 Å². The Bertz CT molecular complexity index is 630. The van der Waals surface area contributed by atoms with Crippen LogP contribution in [0.5, 0.6) is 0 Å². The van der Waals surface area contributed by atoms with E-state index in [2.05, 4.69) is 11.9 Å². The van der Waals surface area contributed by atoms with Crippen molar-refractivity contribution in [2.45, 2.75) is 13.0 Å². The summed E-state index contributed by atoms with van der Waals surface area (Å²) in [4.78, 5) is 6.81. The predicted octanol–water partition coefficient (Wildman–Crippen LogP) is 3.57. The summed E-state index contributed by atoms with van der Waals surface area (Å²) in [6, 6.07) is 13.5. The van der Waals surface area contributed by atoms with Crippen LogP contribution in [0.15, 0.2) is 42.5 Å². The molecule has 0 fully saturated rings. The monoisotopic (exact) mass is 305 g/mol. The van der Waals surface area contributed by atoms with Crippen LogP contribution in [0.4, 0.5) is 5.82 Å². The third kappa shape index (κ3) is 3.08. The van der Waals surface area contributed by atoms with Gasteiger partial charge in [0.15, 0.2) is 0 Å². The number of benzene rings is 1. The molecule has 5 heteroatoms. The molecule has 1 aromatic heterocycles. The third-order valence-corrected chi connectivity index (χ3v) is 3.84. The highest BCUT2D eigenvalue weighted by atomic mass is 35.5. The van der Waals surface area contributed by atoms with Crippen molar-refractivity contribution in [3.05, 3.63) is 58.7 Å². The number of thiocarbonyl (C=S) groups is 1. The predicted molar refractivity (Wildman–Crippen MR) is 88.4 cm³/mol. The summed E-state index contributed by atoms with van der Waals surface area (Å²) in [5.41, 5.74) is 7.30. The summed E-state index contributed by atoms with van der Waals surface area (Å²) in [5.74, 6) is 0.808. The first-order valence-electron chi connectivity index (χ1n) is 6.25. The maximum atomic E-state index is 6.24. The fourth-order valence-corrected chi connectivity index (χ4v) is 2.39. The minimum absolute atomic E-state index is 0.0952. The highest BCUT2D eigenvalue weighted by molar-refractivity contribution is 7.80. The number of rotatable bonds is 4. The van der Waals surface area contributed by atoms with Crippen LogP contribution in [0.2, 0.25) is 5.02 Å². The quantitative estimate of drug-likeness (QED) is 0.877. The van der Waals surface area contributed by atoms with Gasteiger partial charge in [0.2, 0.25) is 0 Å². The molecule has 0 aliphatic carbocycles. The standard InChI is InChI=1S/C15H16ClN3S/c1-10(11-6-3-4-7-12(11)16)19(2)14-9-5-8-13(18-14)15(17)20/h3-10H,1-2H3,(H2,17,20). The number of halogens is 1. The number of aromatic nitrogens is 1. The zero-order valence-electron chi connectivity index (χ0n) is 11.4. The summed E-state index contributed by atoms with van der Waals surface area (Å²) < 4.78 is 0. The molecule has 0 spiro atoms. The molecule has 0 aliphatic rings. The SMILES string of the molecule is CC(c1ccccc1Cl)N(C)c1cccc(C(N)=S)n1. The van der Waals surface area contributed by atoms with Crippen LogP contribution in [0.25, 0.3) is 0 Å². The smallest absolute Gasteiger partial charge is 0.129 e. The molecule has 2 aromatic rings. The van der Waals surface area contributed by atoms with E-state index >= 15 is 0 Å². The molecule has 2 N–H and O–H groups in total. The van der Waals surface area contributed by atoms with Crippen LogP contribution >= 0.6 is 23.8 Å². The molecule has 1 aromatic carbocycles. The Balaban J connectivity index is 2.31. The van der Waals surface area contributed by atoms with Gasteiger partial charge in [-0.15, -0.1) is 0 Å². The van der Waals surface area contributed by atoms with Gasteiger partial charge in [0, 0.05) is 12.1 Å². The van der Waals surface area contributed by atoms with Crippen molar-refractivity contribution >= 4 is 34.6 Å². The number of hydrogen-bond donors (Lipinski definition) is 1. The Morgan fingerprint density at radius 3 is 2.60 bits per heavy atom. The van der Waals surface area contributed by atoms with Crippen molar-refractivity contribution in [1.29, 1.82) is 0 Å². The maximum absolute atomic E-state index is 6.24. The molecule has 0 radical (unpaired) electrons. The van der Waals surface area contributed by atoms with Gasteiger partial charge in [-0.3, -0.25) is 0 Å². The summed E-state index contributed by atoms with van der Waals surface area (Å²) >= 11 is 11.2. The van der Waals surface area contributed by atoms with Crippen LogP contribution in [0.1, 0.15) is 24.2 Å². The summed E-state index contributed by atoms with van der Waals surface area (Å²) in [7, 11) is 1.97. The largest absolute Gasteiger partial charge is 0.388 e. The topological polar surface area (TPSA) is 42.1 Å². The summed E-state index contributed by atoms with van der Waals surface area (Å²) in [6.45, 7) is 2.08. The van der Waals surface area contributed by atoms with E-state index in [0.29, 0.717) is 10.7 Å². The average molecular weight is 306 g/mol. The van der Waals surface area contributed by atoms with E-state index in [1.54, 1.807) is 6.07 Å². The van der Waals surface area contributed by atoms with E-state index in [9.17, 15) is 0 Å². The van der Waals surface area contributed by atoms with Crippen LogP contribution in [0.3, 0.4) is 0 Å². The van der Waals surface area contributed by atoms with Crippen molar-refractivity contribution in [3.63, 3.8) is 0 Å². The van der Waals surface area contributed by atoms with Gasteiger partial charge >= 0.3 is 0 Å². The van der Waals surface area contributed by atoms with Gasteiger partial charge in [-0.05, 0) is 30.7 Å². The van der Waals surface area contributed by atoms with Gasteiger partial charge in [0.25, 0.3) is 0 Å². The van der Waals surface area contributed by atoms with Crippen LogP contribution in [-0.4, -0.2) is 17.0 Å². The Morgan fingerprint density at radius 2 is 1.95 bits per heavy atom. The second kappa shape index (κ2) is 6.20. The van der Waals surface area contributed by atoms with Crippen LogP contribution < -0.4 is 10.6 Å². The molecule has 104 valence electrons. The maximum Gasteiger partial charge on any atom is 0.129 e. The zero-order chi connectivity index (χ0) is 14.7. The molecule has 0 amide bonds. The molecule has 0 saturated heterocycles.